The Morgan fingerprint density at radius 2 is 1.74 bits per heavy atom. The number of rotatable bonds is 10. The minimum Gasteiger partial charge on any atom is -0.497 e. The quantitative estimate of drug-likeness (QED) is 0.138. The Balaban J connectivity index is 0.00000241. The second kappa shape index (κ2) is 16.4. The fraction of sp³-hybridized carbons (Fsp3) is 0.185. The van der Waals surface area contributed by atoms with Crippen molar-refractivity contribution in [2.75, 3.05) is 31.6 Å². The molecule has 0 atom stereocenters. The summed E-state index contributed by atoms with van der Waals surface area (Å²) in [5.41, 5.74) is 8.83. The molecule has 0 spiro atoms. The summed E-state index contributed by atoms with van der Waals surface area (Å²) in [5.74, 6) is 1.67. The highest BCUT2D eigenvalue weighted by Gasteiger charge is 2.17. The number of benzene rings is 2. The molecule has 11 heteroatoms. The van der Waals surface area contributed by atoms with Gasteiger partial charge in [-0.2, -0.15) is 0 Å². The van der Waals surface area contributed by atoms with Gasteiger partial charge in [-0.05, 0) is 61.0 Å². The number of fused-ring (bicyclic) bond motifs is 1. The van der Waals surface area contributed by atoms with Crippen molar-refractivity contribution in [3.05, 3.63) is 90.0 Å². The van der Waals surface area contributed by atoms with E-state index in [1.54, 1.807) is 18.2 Å². The molecular weight excluding hydrogens is 545 g/mol. The molecule has 4 aromatic rings. The number of ether oxygens (including phenoxy) is 1. The highest BCUT2D eigenvalue weighted by molar-refractivity contribution is 6.01. The molecule has 38 heavy (non-hydrogen) atoms. The summed E-state index contributed by atoms with van der Waals surface area (Å²) in [5, 5.41) is 12.4. The van der Waals surface area contributed by atoms with E-state index in [1.807, 2.05) is 66.7 Å². The predicted octanol–water partition coefficient (Wildman–Crippen LogP) is 5.00. The lowest BCUT2D eigenvalue weighted by atomic mass is 10.1. The average Bonchev–Trinajstić information content (AvgIpc) is 2.90. The molecule has 0 saturated carbocycles. The van der Waals surface area contributed by atoms with Gasteiger partial charge in [0.1, 0.15) is 11.6 Å². The lowest BCUT2D eigenvalue weighted by Gasteiger charge is -2.23. The van der Waals surface area contributed by atoms with Gasteiger partial charge in [0.15, 0.2) is 11.8 Å². The van der Waals surface area contributed by atoms with Gasteiger partial charge >= 0.3 is 0 Å². The van der Waals surface area contributed by atoms with Crippen molar-refractivity contribution in [3.8, 4) is 5.75 Å². The van der Waals surface area contributed by atoms with Gasteiger partial charge < -0.3 is 15.8 Å². The molecule has 0 aliphatic carbocycles. The maximum atomic E-state index is 8.24. The molecule has 202 valence electrons. The van der Waals surface area contributed by atoms with Crippen LogP contribution in [0.2, 0.25) is 0 Å². The van der Waals surface area contributed by atoms with Crippen molar-refractivity contribution in [1.82, 2.24) is 20.3 Å². The Kier molecular flexibility index (Phi) is 14.1. The number of guanidine groups is 1. The van der Waals surface area contributed by atoms with Crippen molar-refractivity contribution < 1.29 is 4.74 Å². The lowest BCUT2D eigenvalue weighted by Crippen LogP contribution is -2.42. The van der Waals surface area contributed by atoms with Gasteiger partial charge in [0.25, 0.3) is 0 Å². The molecule has 4 rings (SSSR count). The maximum Gasteiger partial charge on any atom is 0.194 e. The van der Waals surface area contributed by atoms with Gasteiger partial charge in [-0.15, -0.1) is 37.2 Å². The van der Waals surface area contributed by atoms with Crippen LogP contribution >= 0.6 is 37.2 Å². The molecule has 2 aromatic heterocycles. The van der Waals surface area contributed by atoms with Gasteiger partial charge in [-0.3, -0.25) is 15.3 Å². The van der Waals surface area contributed by atoms with Crippen LogP contribution in [-0.4, -0.2) is 47.7 Å². The van der Waals surface area contributed by atoms with E-state index in [1.165, 1.54) is 5.56 Å². The number of methoxy groups -OCH3 is 1. The van der Waals surface area contributed by atoms with Crippen molar-refractivity contribution >= 4 is 72.1 Å². The average molecular weight is 577 g/mol. The molecular formula is C27H32Cl3N7O. The first-order valence-electron chi connectivity index (χ1n) is 11.4. The first-order valence-corrected chi connectivity index (χ1v) is 11.4. The fourth-order valence-corrected chi connectivity index (χ4v) is 3.68. The van der Waals surface area contributed by atoms with Crippen LogP contribution in [0.4, 0.5) is 5.82 Å². The summed E-state index contributed by atoms with van der Waals surface area (Å²) in [6, 6.07) is 21.6. The van der Waals surface area contributed by atoms with Crippen LogP contribution < -0.4 is 20.7 Å². The standard InChI is InChI=1S/C27H29N7O.3ClH/c1-35-22-11-12-24-23(19-22)26(33-25(32-24)13-10-21-9-5-6-15-31-21)34(27(28)29)18-17-30-16-14-20-7-3-2-4-8-20;;;/h2-13,15,19,30H,14,16-18H2,1H3,(H3,28,29);3*1H. The van der Waals surface area contributed by atoms with E-state index in [2.05, 4.69) is 27.4 Å². The van der Waals surface area contributed by atoms with Crippen molar-refractivity contribution in [3.63, 3.8) is 0 Å². The zero-order valence-electron chi connectivity index (χ0n) is 20.9. The van der Waals surface area contributed by atoms with E-state index in [4.69, 9.17) is 20.9 Å². The van der Waals surface area contributed by atoms with Gasteiger partial charge in [-0.1, -0.05) is 36.4 Å². The molecule has 0 saturated heterocycles. The third-order valence-electron chi connectivity index (χ3n) is 5.48. The third-order valence-corrected chi connectivity index (χ3v) is 5.48. The van der Waals surface area contributed by atoms with E-state index in [0.29, 0.717) is 30.5 Å². The monoisotopic (exact) mass is 575 g/mol. The van der Waals surface area contributed by atoms with Crippen LogP contribution in [0.5, 0.6) is 5.75 Å². The number of anilines is 1. The smallest absolute Gasteiger partial charge is 0.194 e. The highest BCUT2D eigenvalue weighted by atomic mass is 35.5. The number of hydrogen-bond acceptors (Lipinski definition) is 6. The van der Waals surface area contributed by atoms with E-state index >= 15 is 0 Å². The molecule has 8 nitrogen and oxygen atoms in total. The number of hydrogen-bond donors (Lipinski definition) is 3. The minimum atomic E-state index is -0.0858. The van der Waals surface area contributed by atoms with Gasteiger partial charge in [0.2, 0.25) is 0 Å². The van der Waals surface area contributed by atoms with Crippen LogP contribution in [0.25, 0.3) is 23.1 Å². The Morgan fingerprint density at radius 1 is 0.974 bits per heavy atom. The largest absolute Gasteiger partial charge is 0.497 e. The highest BCUT2D eigenvalue weighted by Crippen LogP contribution is 2.28. The zero-order valence-corrected chi connectivity index (χ0v) is 23.4. The molecule has 2 aromatic carbocycles. The lowest BCUT2D eigenvalue weighted by molar-refractivity contribution is 0.415. The van der Waals surface area contributed by atoms with Crippen molar-refractivity contribution in [2.24, 2.45) is 5.73 Å². The second-order valence-electron chi connectivity index (χ2n) is 7.90. The predicted molar refractivity (Wildman–Crippen MR) is 163 cm³/mol. The number of nitrogens with zero attached hydrogens (tertiary/aromatic N) is 4. The van der Waals surface area contributed by atoms with Crippen LogP contribution in [0.15, 0.2) is 72.9 Å². The molecule has 0 bridgehead atoms. The topological polar surface area (TPSA) is 113 Å². The molecule has 4 N–H and O–H groups in total. The Hall–Kier alpha value is -3.43. The van der Waals surface area contributed by atoms with E-state index < -0.39 is 0 Å². The minimum absolute atomic E-state index is 0. The fourth-order valence-electron chi connectivity index (χ4n) is 3.68. The third kappa shape index (κ3) is 8.85. The summed E-state index contributed by atoms with van der Waals surface area (Å²) >= 11 is 0. The molecule has 2 heterocycles. The number of halogens is 3. The van der Waals surface area contributed by atoms with E-state index in [-0.39, 0.29) is 43.2 Å². The maximum absolute atomic E-state index is 8.24. The zero-order chi connectivity index (χ0) is 24.5. The number of nitrogens with one attached hydrogen (secondary N) is 2. The molecule has 0 aliphatic rings. The van der Waals surface area contributed by atoms with Crippen LogP contribution in [0.1, 0.15) is 17.1 Å². The summed E-state index contributed by atoms with van der Waals surface area (Å²) in [6.45, 7) is 1.95. The van der Waals surface area contributed by atoms with Crippen LogP contribution in [-0.2, 0) is 6.42 Å². The summed E-state index contributed by atoms with van der Waals surface area (Å²) in [7, 11) is 1.62. The molecule has 0 fully saturated rings. The van der Waals surface area contributed by atoms with Crippen molar-refractivity contribution in [1.29, 1.82) is 5.41 Å². The van der Waals surface area contributed by atoms with Gasteiger partial charge in [0, 0.05) is 24.7 Å². The van der Waals surface area contributed by atoms with Gasteiger partial charge in [0.05, 0.1) is 18.3 Å². The number of aromatic nitrogens is 3. The Morgan fingerprint density at radius 3 is 2.42 bits per heavy atom. The summed E-state index contributed by atoms with van der Waals surface area (Å²) in [6.07, 6.45) is 6.33. The SMILES string of the molecule is COc1ccc2nc(C=Cc3ccccn3)nc(N(CCNCCc3ccccc3)C(=N)N)c2c1.Cl.Cl.Cl. The molecule has 0 radical (unpaired) electrons. The van der Waals surface area contributed by atoms with E-state index in [0.717, 1.165) is 29.6 Å². The molecule has 0 amide bonds. The Bertz CT molecular complexity index is 1310. The first kappa shape index (κ1) is 32.6. The number of nitrogens with two attached hydrogens (primary N) is 1. The van der Waals surface area contributed by atoms with Crippen LogP contribution in [0.3, 0.4) is 0 Å². The normalized spacial score (nSPS) is 10.2. The van der Waals surface area contributed by atoms with Crippen LogP contribution in [0, 0.1) is 5.41 Å². The second-order valence-corrected chi connectivity index (χ2v) is 7.90. The molecule has 0 unspecified atom stereocenters. The summed E-state index contributed by atoms with van der Waals surface area (Å²) < 4.78 is 5.41. The Labute approximate surface area is 241 Å². The first-order chi connectivity index (χ1) is 17.1. The van der Waals surface area contributed by atoms with E-state index in [9.17, 15) is 0 Å². The van der Waals surface area contributed by atoms with Gasteiger partial charge in [-0.25, -0.2) is 9.97 Å². The van der Waals surface area contributed by atoms with Crippen molar-refractivity contribution in [2.45, 2.75) is 6.42 Å². The number of pyridine rings is 1. The molecule has 0 aliphatic heterocycles. The summed E-state index contributed by atoms with van der Waals surface area (Å²) in [4.78, 5) is 15.4.